The molecular formula is C22H21N3O2. The highest BCUT2D eigenvalue weighted by molar-refractivity contribution is 5.65. The first-order chi connectivity index (χ1) is 13.2. The average Bonchev–Trinajstić information content (AvgIpc) is 2.74. The number of hydrogen-bond donors (Lipinski definition) is 1. The number of nitrogens with one attached hydrogen (secondary N) is 1. The lowest BCUT2D eigenvalue weighted by atomic mass is 10.1. The summed E-state index contributed by atoms with van der Waals surface area (Å²) in [5, 5.41) is 12.6. The summed E-state index contributed by atoms with van der Waals surface area (Å²) in [4.78, 5) is 4.63. The molecule has 3 aromatic rings. The summed E-state index contributed by atoms with van der Waals surface area (Å²) >= 11 is 0. The molecule has 0 saturated heterocycles. The quantitative estimate of drug-likeness (QED) is 0.681. The highest BCUT2D eigenvalue weighted by atomic mass is 16.5. The van der Waals surface area contributed by atoms with Gasteiger partial charge in [0.2, 0.25) is 0 Å². The lowest BCUT2D eigenvalue weighted by Crippen LogP contribution is -2.08. The van der Waals surface area contributed by atoms with Crippen LogP contribution in [0.4, 0.5) is 5.82 Å². The number of nitriles is 1. The molecule has 1 N–H and O–H groups in total. The molecule has 0 radical (unpaired) electrons. The maximum Gasteiger partial charge on any atom is 0.144 e. The number of anilines is 1. The van der Waals surface area contributed by atoms with Crippen molar-refractivity contribution in [1.29, 1.82) is 5.26 Å². The van der Waals surface area contributed by atoms with E-state index in [2.05, 4.69) is 16.4 Å². The standard InChI is InChI=1S/C22H21N3O2/c1-26-19-8-3-16(4-9-19)13-14-24-22-18(15-23)7-12-21(25-22)17-5-10-20(27-2)11-6-17/h3-12H,13-14H2,1-2H3,(H,24,25). The van der Waals surface area contributed by atoms with Gasteiger partial charge in [0.15, 0.2) is 0 Å². The third-order valence-corrected chi connectivity index (χ3v) is 4.27. The van der Waals surface area contributed by atoms with Gasteiger partial charge in [-0.05, 0) is 60.5 Å². The number of methoxy groups -OCH3 is 2. The molecule has 0 bridgehead atoms. The Kier molecular flexibility index (Phi) is 5.91. The Bertz CT molecular complexity index is 929. The Labute approximate surface area is 159 Å². The molecule has 0 amide bonds. The zero-order chi connectivity index (χ0) is 19.1. The van der Waals surface area contributed by atoms with Crippen molar-refractivity contribution in [1.82, 2.24) is 4.98 Å². The van der Waals surface area contributed by atoms with Gasteiger partial charge in [-0.1, -0.05) is 12.1 Å². The maximum absolute atomic E-state index is 9.36. The van der Waals surface area contributed by atoms with E-state index in [4.69, 9.17) is 9.47 Å². The van der Waals surface area contributed by atoms with Crippen LogP contribution in [0, 0.1) is 11.3 Å². The molecule has 0 unspecified atom stereocenters. The van der Waals surface area contributed by atoms with E-state index in [1.165, 1.54) is 5.56 Å². The van der Waals surface area contributed by atoms with E-state index in [1.54, 1.807) is 20.3 Å². The van der Waals surface area contributed by atoms with Crippen LogP contribution in [0.2, 0.25) is 0 Å². The van der Waals surface area contributed by atoms with Crippen molar-refractivity contribution in [3.8, 4) is 28.8 Å². The number of rotatable bonds is 7. The fourth-order valence-corrected chi connectivity index (χ4v) is 2.72. The molecule has 0 saturated carbocycles. The molecule has 0 aliphatic heterocycles. The molecule has 0 spiro atoms. The lowest BCUT2D eigenvalue weighted by Gasteiger charge is -2.10. The van der Waals surface area contributed by atoms with E-state index in [-0.39, 0.29) is 0 Å². The van der Waals surface area contributed by atoms with Gasteiger partial charge in [-0.3, -0.25) is 0 Å². The molecule has 2 aromatic carbocycles. The van der Waals surface area contributed by atoms with Crippen LogP contribution in [0.25, 0.3) is 11.3 Å². The van der Waals surface area contributed by atoms with Crippen LogP contribution in [-0.2, 0) is 6.42 Å². The Hall–Kier alpha value is -3.52. The summed E-state index contributed by atoms with van der Waals surface area (Å²) in [5.41, 5.74) is 3.50. The van der Waals surface area contributed by atoms with Crippen molar-refractivity contribution in [3.05, 3.63) is 71.8 Å². The van der Waals surface area contributed by atoms with Gasteiger partial charge in [0.05, 0.1) is 25.5 Å². The van der Waals surface area contributed by atoms with Crippen LogP contribution < -0.4 is 14.8 Å². The summed E-state index contributed by atoms with van der Waals surface area (Å²) in [5.74, 6) is 2.23. The van der Waals surface area contributed by atoms with Gasteiger partial charge in [0.1, 0.15) is 23.4 Å². The molecule has 0 aliphatic carbocycles. The minimum atomic E-state index is 0.530. The normalized spacial score (nSPS) is 10.1. The number of pyridine rings is 1. The molecular weight excluding hydrogens is 338 g/mol. The molecule has 27 heavy (non-hydrogen) atoms. The monoisotopic (exact) mass is 359 g/mol. The number of hydrogen-bond acceptors (Lipinski definition) is 5. The van der Waals surface area contributed by atoms with E-state index in [9.17, 15) is 5.26 Å². The molecule has 3 rings (SSSR count). The van der Waals surface area contributed by atoms with E-state index in [1.807, 2.05) is 54.6 Å². The van der Waals surface area contributed by atoms with Crippen molar-refractivity contribution in [2.45, 2.75) is 6.42 Å². The minimum Gasteiger partial charge on any atom is -0.497 e. The summed E-state index contributed by atoms with van der Waals surface area (Å²) in [7, 11) is 3.29. The van der Waals surface area contributed by atoms with Gasteiger partial charge in [0.25, 0.3) is 0 Å². The zero-order valence-electron chi connectivity index (χ0n) is 15.4. The summed E-state index contributed by atoms with van der Waals surface area (Å²) in [6, 6.07) is 21.5. The van der Waals surface area contributed by atoms with Crippen LogP contribution in [0.5, 0.6) is 11.5 Å². The van der Waals surface area contributed by atoms with Crippen LogP contribution in [0.1, 0.15) is 11.1 Å². The summed E-state index contributed by atoms with van der Waals surface area (Å²) < 4.78 is 10.4. The van der Waals surface area contributed by atoms with E-state index >= 15 is 0 Å². The van der Waals surface area contributed by atoms with Crippen molar-refractivity contribution >= 4 is 5.82 Å². The van der Waals surface area contributed by atoms with E-state index in [0.29, 0.717) is 17.9 Å². The van der Waals surface area contributed by atoms with Crippen molar-refractivity contribution in [3.63, 3.8) is 0 Å². The van der Waals surface area contributed by atoms with Gasteiger partial charge < -0.3 is 14.8 Å². The van der Waals surface area contributed by atoms with Gasteiger partial charge in [-0.25, -0.2) is 4.98 Å². The summed E-state index contributed by atoms with van der Waals surface area (Å²) in [6.45, 7) is 0.681. The lowest BCUT2D eigenvalue weighted by molar-refractivity contribution is 0.414. The van der Waals surface area contributed by atoms with Gasteiger partial charge >= 0.3 is 0 Å². The third kappa shape index (κ3) is 4.56. The highest BCUT2D eigenvalue weighted by Gasteiger charge is 2.07. The second kappa shape index (κ2) is 8.72. The molecule has 0 atom stereocenters. The van der Waals surface area contributed by atoms with Gasteiger partial charge in [-0.15, -0.1) is 0 Å². The SMILES string of the molecule is COc1ccc(CCNc2nc(-c3ccc(OC)cc3)ccc2C#N)cc1. The second-order valence-corrected chi connectivity index (χ2v) is 5.96. The fraction of sp³-hybridized carbons (Fsp3) is 0.182. The first kappa shape index (κ1) is 18.3. The maximum atomic E-state index is 9.36. The Morgan fingerprint density at radius 1 is 0.889 bits per heavy atom. The van der Waals surface area contributed by atoms with Crippen LogP contribution >= 0.6 is 0 Å². The predicted molar refractivity (Wildman–Crippen MR) is 106 cm³/mol. The molecule has 0 fully saturated rings. The Morgan fingerprint density at radius 2 is 1.52 bits per heavy atom. The van der Waals surface area contributed by atoms with Crippen molar-refractivity contribution < 1.29 is 9.47 Å². The third-order valence-electron chi connectivity index (χ3n) is 4.27. The Balaban J connectivity index is 1.72. The molecule has 1 heterocycles. The second-order valence-electron chi connectivity index (χ2n) is 5.96. The number of ether oxygens (including phenoxy) is 2. The number of benzene rings is 2. The first-order valence-electron chi connectivity index (χ1n) is 8.66. The smallest absolute Gasteiger partial charge is 0.144 e. The average molecular weight is 359 g/mol. The molecule has 136 valence electrons. The fourth-order valence-electron chi connectivity index (χ4n) is 2.72. The molecule has 5 heteroatoms. The summed E-state index contributed by atoms with van der Waals surface area (Å²) in [6.07, 6.45) is 0.823. The largest absolute Gasteiger partial charge is 0.497 e. The van der Waals surface area contributed by atoms with Crippen molar-refractivity contribution in [2.75, 3.05) is 26.1 Å². The Morgan fingerprint density at radius 3 is 2.11 bits per heavy atom. The van der Waals surface area contributed by atoms with Crippen molar-refractivity contribution in [2.24, 2.45) is 0 Å². The van der Waals surface area contributed by atoms with E-state index in [0.717, 1.165) is 29.2 Å². The molecule has 0 aliphatic rings. The van der Waals surface area contributed by atoms with Crippen LogP contribution in [0.3, 0.4) is 0 Å². The number of aromatic nitrogens is 1. The first-order valence-corrected chi connectivity index (χ1v) is 8.66. The van der Waals surface area contributed by atoms with Gasteiger partial charge in [0, 0.05) is 12.1 Å². The van der Waals surface area contributed by atoms with Gasteiger partial charge in [-0.2, -0.15) is 5.26 Å². The number of nitrogens with zero attached hydrogens (tertiary/aromatic N) is 2. The van der Waals surface area contributed by atoms with E-state index < -0.39 is 0 Å². The predicted octanol–water partition coefficient (Wildman–Crippen LogP) is 4.29. The van der Waals surface area contributed by atoms with Crippen LogP contribution in [-0.4, -0.2) is 25.7 Å². The molecule has 5 nitrogen and oxygen atoms in total. The molecule has 1 aromatic heterocycles. The zero-order valence-corrected chi connectivity index (χ0v) is 15.4. The minimum absolute atomic E-state index is 0.530. The van der Waals surface area contributed by atoms with Crippen LogP contribution in [0.15, 0.2) is 60.7 Å². The topological polar surface area (TPSA) is 67.2 Å². The highest BCUT2D eigenvalue weighted by Crippen LogP contribution is 2.24.